The van der Waals surface area contributed by atoms with Gasteiger partial charge in [-0.1, -0.05) is 30.3 Å². The van der Waals surface area contributed by atoms with Crippen molar-refractivity contribution in [1.29, 1.82) is 0 Å². The normalized spacial score (nSPS) is 12.6. The molecule has 0 saturated heterocycles. The van der Waals surface area contributed by atoms with E-state index in [1.807, 2.05) is 42.7 Å². The van der Waals surface area contributed by atoms with Crippen molar-refractivity contribution >= 4 is 0 Å². The number of nitrogens with two attached hydrogens (primary N) is 1. The molecule has 3 heteroatoms. The van der Waals surface area contributed by atoms with Gasteiger partial charge in [-0.25, -0.2) is 0 Å². The molecular weight excluding hydrogens is 222 g/mol. The molecule has 0 aliphatic rings. The minimum Gasteiger partial charge on any atom is -0.323 e. The van der Waals surface area contributed by atoms with Gasteiger partial charge in [0.2, 0.25) is 0 Å². The van der Waals surface area contributed by atoms with E-state index in [1.165, 1.54) is 11.1 Å². The highest BCUT2D eigenvalue weighted by Crippen LogP contribution is 2.11. The van der Waals surface area contributed by atoms with Gasteiger partial charge < -0.3 is 10.6 Å². The van der Waals surface area contributed by atoms with Crippen LogP contribution < -0.4 is 5.73 Å². The lowest BCUT2D eigenvalue weighted by atomic mass is 10.1. The zero-order chi connectivity index (χ0) is 12.8. The van der Waals surface area contributed by atoms with Crippen LogP contribution in [0.15, 0.2) is 54.9 Å². The molecule has 0 aliphatic carbocycles. The van der Waals surface area contributed by atoms with Gasteiger partial charge >= 0.3 is 0 Å². The lowest BCUT2D eigenvalue weighted by Crippen LogP contribution is -2.28. The molecule has 0 aliphatic heterocycles. The van der Waals surface area contributed by atoms with Crippen LogP contribution in [0.25, 0.3) is 0 Å². The lowest BCUT2D eigenvalue weighted by Gasteiger charge is -2.21. The number of hydrogen-bond acceptors (Lipinski definition) is 3. The van der Waals surface area contributed by atoms with Gasteiger partial charge in [-0.15, -0.1) is 0 Å². The Morgan fingerprint density at radius 2 is 1.78 bits per heavy atom. The van der Waals surface area contributed by atoms with Crippen LogP contribution in [0.3, 0.4) is 0 Å². The zero-order valence-electron chi connectivity index (χ0n) is 10.7. The molecule has 0 saturated carbocycles. The van der Waals surface area contributed by atoms with Crippen molar-refractivity contribution in [3.05, 3.63) is 66.0 Å². The van der Waals surface area contributed by atoms with Crippen molar-refractivity contribution < 1.29 is 0 Å². The molecule has 1 aromatic heterocycles. The van der Waals surface area contributed by atoms with E-state index in [2.05, 4.69) is 29.1 Å². The third kappa shape index (κ3) is 3.65. The highest BCUT2D eigenvalue weighted by Gasteiger charge is 2.09. The van der Waals surface area contributed by atoms with E-state index in [0.717, 1.165) is 13.1 Å². The van der Waals surface area contributed by atoms with Crippen LogP contribution in [0.1, 0.15) is 17.2 Å². The molecule has 0 spiro atoms. The molecule has 1 heterocycles. The highest BCUT2D eigenvalue weighted by atomic mass is 15.1. The molecule has 3 nitrogen and oxygen atoms in total. The molecule has 0 fully saturated rings. The fourth-order valence-electron chi connectivity index (χ4n) is 2.01. The Hall–Kier alpha value is -1.71. The predicted octanol–water partition coefficient (Wildman–Crippen LogP) is 2.21. The summed E-state index contributed by atoms with van der Waals surface area (Å²) in [6.45, 7) is 1.73. The van der Waals surface area contributed by atoms with Crippen LogP contribution in [0.4, 0.5) is 0 Å². The lowest BCUT2D eigenvalue weighted by molar-refractivity contribution is 0.305. The molecule has 0 amide bonds. The summed E-state index contributed by atoms with van der Waals surface area (Å²) in [7, 11) is 2.09. The van der Waals surface area contributed by atoms with Crippen LogP contribution in [0.5, 0.6) is 0 Å². The predicted molar refractivity (Wildman–Crippen MR) is 73.9 cm³/mol. The fourth-order valence-corrected chi connectivity index (χ4v) is 2.01. The fraction of sp³-hybridized carbons (Fsp3) is 0.267. The molecule has 1 atom stereocenters. The average molecular weight is 241 g/mol. The summed E-state index contributed by atoms with van der Waals surface area (Å²) in [5.74, 6) is 0. The molecule has 18 heavy (non-hydrogen) atoms. The third-order valence-electron chi connectivity index (χ3n) is 2.94. The Balaban J connectivity index is 1.90. The van der Waals surface area contributed by atoms with E-state index in [0.29, 0.717) is 0 Å². The van der Waals surface area contributed by atoms with E-state index in [1.54, 1.807) is 0 Å². The van der Waals surface area contributed by atoms with Crippen molar-refractivity contribution in [3.63, 3.8) is 0 Å². The van der Waals surface area contributed by atoms with Gasteiger partial charge in [0.05, 0.1) is 0 Å². The number of rotatable bonds is 5. The van der Waals surface area contributed by atoms with Crippen LogP contribution in [0, 0.1) is 0 Å². The summed E-state index contributed by atoms with van der Waals surface area (Å²) >= 11 is 0. The maximum atomic E-state index is 6.20. The van der Waals surface area contributed by atoms with Gasteiger partial charge in [0, 0.05) is 31.5 Å². The number of hydrogen-bond donors (Lipinski definition) is 1. The topological polar surface area (TPSA) is 42.2 Å². The standard InChI is InChI=1S/C15H19N3/c1-18(11-13-7-9-17-10-8-13)12-15(16)14-5-3-2-4-6-14/h2-10,15H,11-12,16H2,1H3/t15-/m1/s1. The second kappa shape index (κ2) is 6.28. The van der Waals surface area contributed by atoms with Crippen LogP contribution in [0.2, 0.25) is 0 Å². The van der Waals surface area contributed by atoms with Gasteiger partial charge in [0.1, 0.15) is 0 Å². The van der Waals surface area contributed by atoms with Gasteiger partial charge in [0.25, 0.3) is 0 Å². The van der Waals surface area contributed by atoms with E-state index >= 15 is 0 Å². The Morgan fingerprint density at radius 1 is 1.11 bits per heavy atom. The second-order valence-corrected chi connectivity index (χ2v) is 4.57. The summed E-state index contributed by atoms with van der Waals surface area (Å²) < 4.78 is 0. The first-order valence-corrected chi connectivity index (χ1v) is 6.13. The van der Waals surface area contributed by atoms with Crippen molar-refractivity contribution in [2.45, 2.75) is 12.6 Å². The van der Waals surface area contributed by atoms with E-state index in [-0.39, 0.29) is 6.04 Å². The van der Waals surface area contributed by atoms with Crippen molar-refractivity contribution in [2.24, 2.45) is 5.73 Å². The summed E-state index contributed by atoms with van der Waals surface area (Å²) in [6.07, 6.45) is 3.64. The first kappa shape index (κ1) is 12.7. The van der Waals surface area contributed by atoms with Crippen molar-refractivity contribution in [3.8, 4) is 0 Å². The molecular formula is C15H19N3. The molecule has 0 unspecified atom stereocenters. The Kier molecular flexibility index (Phi) is 4.45. The Labute approximate surface area is 108 Å². The summed E-state index contributed by atoms with van der Waals surface area (Å²) in [4.78, 5) is 6.25. The van der Waals surface area contributed by atoms with E-state index < -0.39 is 0 Å². The maximum absolute atomic E-state index is 6.20. The van der Waals surface area contributed by atoms with Crippen LogP contribution >= 0.6 is 0 Å². The number of likely N-dealkylation sites (N-methyl/N-ethyl adjacent to an activating group) is 1. The number of pyridine rings is 1. The number of nitrogens with zero attached hydrogens (tertiary/aromatic N) is 2. The Bertz CT molecular complexity index is 456. The highest BCUT2D eigenvalue weighted by molar-refractivity contribution is 5.18. The largest absolute Gasteiger partial charge is 0.323 e. The third-order valence-corrected chi connectivity index (χ3v) is 2.94. The molecule has 2 N–H and O–H groups in total. The van der Waals surface area contributed by atoms with Gasteiger partial charge in [-0.05, 0) is 30.3 Å². The summed E-state index contributed by atoms with van der Waals surface area (Å²) in [6, 6.07) is 14.3. The van der Waals surface area contributed by atoms with Gasteiger partial charge in [-0.2, -0.15) is 0 Å². The first-order valence-electron chi connectivity index (χ1n) is 6.13. The van der Waals surface area contributed by atoms with Crippen LogP contribution in [-0.4, -0.2) is 23.5 Å². The molecule has 2 aromatic rings. The zero-order valence-corrected chi connectivity index (χ0v) is 10.7. The number of benzene rings is 1. The quantitative estimate of drug-likeness (QED) is 0.872. The molecule has 1 aromatic carbocycles. The summed E-state index contributed by atoms with van der Waals surface area (Å²) in [5.41, 5.74) is 8.63. The van der Waals surface area contributed by atoms with E-state index in [4.69, 9.17) is 5.73 Å². The maximum Gasteiger partial charge on any atom is 0.0424 e. The minimum absolute atomic E-state index is 0.0537. The minimum atomic E-state index is 0.0537. The summed E-state index contributed by atoms with van der Waals surface area (Å²) in [5, 5.41) is 0. The molecule has 0 radical (unpaired) electrons. The first-order chi connectivity index (χ1) is 8.75. The second-order valence-electron chi connectivity index (χ2n) is 4.57. The van der Waals surface area contributed by atoms with E-state index in [9.17, 15) is 0 Å². The molecule has 2 rings (SSSR count). The van der Waals surface area contributed by atoms with Crippen molar-refractivity contribution in [2.75, 3.05) is 13.6 Å². The molecule has 94 valence electrons. The average Bonchev–Trinajstić information content (AvgIpc) is 2.40. The Morgan fingerprint density at radius 3 is 2.44 bits per heavy atom. The SMILES string of the molecule is CN(Cc1ccncc1)C[C@@H](N)c1ccccc1. The van der Waals surface area contributed by atoms with Gasteiger partial charge in [0.15, 0.2) is 0 Å². The molecule has 0 bridgehead atoms. The van der Waals surface area contributed by atoms with Gasteiger partial charge in [-0.3, -0.25) is 4.98 Å². The smallest absolute Gasteiger partial charge is 0.0424 e. The van der Waals surface area contributed by atoms with Crippen LogP contribution in [-0.2, 0) is 6.54 Å². The van der Waals surface area contributed by atoms with Crippen molar-refractivity contribution in [1.82, 2.24) is 9.88 Å². The number of aromatic nitrogens is 1. The monoisotopic (exact) mass is 241 g/mol.